The van der Waals surface area contributed by atoms with Crippen LogP contribution in [-0.4, -0.2) is 11.7 Å². The number of rotatable bonds is 5. The third-order valence-corrected chi connectivity index (χ3v) is 10.0. The molecule has 0 amide bonds. The molecular weight excluding hydrogens is 340 g/mol. The number of allylic oxidation sites excluding steroid dienone is 3. The van der Waals surface area contributed by atoms with Gasteiger partial charge >= 0.3 is 0 Å². The second-order valence-corrected chi connectivity index (χ2v) is 11.5. The highest BCUT2D eigenvalue weighted by Gasteiger charge is 2.58. The van der Waals surface area contributed by atoms with Gasteiger partial charge in [-0.05, 0) is 104 Å². The summed E-state index contributed by atoms with van der Waals surface area (Å²) in [5.74, 6) is 4.83. The molecule has 4 aliphatic carbocycles. The lowest BCUT2D eigenvalue weighted by Gasteiger charge is -2.58. The van der Waals surface area contributed by atoms with Gasteiger partial charge in [0.25, 0.3) is 0 Å². The molecule has 0 heterocycles. The first-order chi connectivity index (χ1) is 13.4. The summed E-state index contributed by atoms with van der Waals surface area (Å²) >= 11 is 0. The number of aliphatic hydroxyl groups excluding tert-OH is 1. The molecule has 158 valence electrons. The molecule has 28 heavy (non-hydrogen) atoms. The molecule has 0 radical (unpaired) electrons. The van der Waals surface area contributed by atoms with Crippen LogP contribution in [-0.2, 0) is 0 Å². The Labute approximate surface area is 174 Å². The zero-order valence-electron chi connectivity index (χ0n) is 18.9. The van der Waals surface area contributed by atoms with Crippen molar-refractivity contribution in [2.75, 3.05) is 6.61 Å². The zero-order chi connectivity index (χ0) is 19.9. The van der Waals surface area contributed by atoms with Gasteiger partial charge in [-0.25, -0.2) is 0 Å². The van der Waals surface area contributed by atoms with E-state index in [1.165, 1.54) is 64.2 Å². The van der Waals surface area contributed by atoms with E-state index in [0.717, 1.165) is 29.6 Å². The molecule has 1 heteroatoms. The molecule has 4 rings (SSSR count). The lowest BCUT2D eigenvalue weighted by atomic mass is 9.47. The molecule has 0 aromatic rings. The first kappa shape index (κ1) is 20.7. The zero-order valence-corrected chi connectivity index (χ0v) is 18.9. The molecule has 3 saturated carbocycles. The Kier molecular flexibility index (Phi) is 5.87. The van der Waals surface area contributed by atoms with Crippen LogP contribution < -0.4 is 0 Å². The largest absolute Gasteiger partial charge is 0.396 e. The molecule has 0 saturated heterocycles. The normalized spacial score (nSPS) is 45.1. The standard InChI is InChI=1S/C27H44O/c1-19(18-28)8-7-9-20(2)23-13-14-24-22-12-11-21-10-5-6-16-26(21,3)25(22)15-17-27(23,24)4/h7-8,11,19-20,22-25,28H,5-6,9-10,12-18H2,1-4H3/b8-7-/t19?,20-,22+,23-,24+,25+,26+,27-/m1/s1. The van der Waals surface area contributed by atoms with Gasteiger partial charge in [0.2, 0.25) is 0 Å². The molecule has 0 aromatic heterocycles. The van der Waals surface area contributed by atoms with Gasteiger partial charge in [0.1, 0.15) is 0 Å². The molecular formula is C27H44O. The molecule has 1 unspecified atom stereocenters. The summed E-state index contributed by atoms with van der Waals surface area (Å²) in [4.78, 5) is 0. The maximum Gasteiger partial charge on any atom is 0.0491 e. The molecule has 3 fully saturated rings. The van der Waals surface area contributed by atoms with E-state index >= 15 is 0 Å². The molecule has 1 nitrogen and oxygen atoms in total. The highest BCUT2D eigenvalue weighted by Crippen LogP contribution is 2.67. The lowest BCUT2D eigenvalue weighted by Crippen LogP contribution is -2.50. The van der Waals surface area contributed by atoms with E-state index in [2.05, 4.69) is 45.9 Å². The van der Waals surface area contributed by atoms with Crippen LogP contribution in [0.25, 0.3) is 0 Å². The van der Waals surface area contributed by atoms with Crippen molar-refractivity contribution in [2.24, 2.45) is 46.3 Å². The van der Waals surface area contributed by atoms with Gasteiger partial charge in [0, 0.05) is 6.61 Å². The first-order valence-electron chi connectivity index (χ1n) is 12.4. The van der Waals surface area contributed by atoms with E-state index in [9.17, 15) is 5.11 Å². The summed E-state index contributed by atoms with van der Waals surface area (Å²) in [6, 6.07) is 0. The summed E-state index contributed by atoms with van der Waals surface area (Å²) in [6.45, 7) is 10.2. The number of hydrogen-bond donors (Lipinski definition) is 1. The Balaban J connectivity index is 1.49. The Morgan fingerprint density at radius 1 is 1.11 bits per heavy atom. The van der Waals surface area contributed by atoms with E-state index in [1.54, 1.807) is 0 Å². The van der Waals surface area contributed by atoms with Crippen molar-refractivity contribution in [3.05, 3.63) is 23.8 Å². The van der Waals surface area contributed by atoms with Gasteiger partial charge in [-0.2, -0.15) is 0 Å². The van der Waals surface area contributed by atoms with E-state index in [4.69, 9.17) is 0 Å². The van der Waals surface area contributed by atoms with Crippen LogP contribution in [0.15, 0.2) is 23.8 Å². The van der Waals surface area contributed by atoms with Gasteiger partial charge < -0.3 is 5.11 Å². The minimum Gasteiger partial charge on any atom is -0.396 e. The summed E-state index contributed by atoms with van der Waals surface area (Å²) in [7, 11) is 0. The maximum atomic E-state index is 9.26. The second kappa shape index (κ2) is 7.93. The predicted octanol–water partition coefficient (Wildman–Crippen LogP) is 7.17. The summed E-state index contributed by atoms with van der Waals surface area (Å²) < 4.78 is 0. The molecule has 4 aliphatic rings. The quantitative estimate of drug-likeness (QED) is 0.498. The SMILES string of the molecule is CC(/C=C\C[C@@H](C)[C@H]1CC[C@H]2[C@@H]3CC=C4CCCC[C@]4(C)[C@H]3CC[C@]12C)CO. The number of aliphatic hydroxyl groups is 1. The fourth-order valence-corrected chi connectivity index (χ4v) is 8.42. The third kappa shape index (κ3) is 3.34. The average molecular weight is 385 g/mol. The Hall–Kier alpha value is -0.560. The van der Waals surface area contributed by atoms with Crippen LogP contribution >= 0.6 is 0 Å². The number of fused-ring (bicyclic) bond motifs is 5. The predicted molar refractivity (Wildman–Crippen MR) is 119 cm³/mol. The maximum absolute atomic E-state index is 9.26. The Bertz CT molecular complexity index is 618. The lowest BCUT2D eigenvalue weighted by molar-refractivity contribution is -0.0491. The molecule has 1 N–H and O–H groups in total. The fourth-order valence-electron chi connectivity index (χ4n) is 8.42. The first-order valence-corrected chi connectivity index (χ1v) is 12.4. The van der Waals surface area contributed by atoms with Crippen LogP contribution in [0.5, 0.6) is 0 Å². The topological polar surface area (TPSA) is 20.2 Å². The van der Waals surface area contributed by atoms with Crippen molar-refractivity contribution < 1.29 is 5.11 Å². The molecule has 0 aliphatic heterocycles. The minimum atomic E-state index is 0.269. The van der Waals surface area contributed by atoms with Gasteiger partial charge in [0.15, 0.2) is 0 Å². The summed E-state index contributed by atoms with van der Waals surface area (Å²) in [5.41, 5.74) is 2.94. The van der Waals surface area contributed by atoms with E-state index in [0.29, 0.717) is 16.7 Å². The van der Waals surface area contributed by atoms with E-state index < -0.39 is 0 Å². The number of hydrogen-bond acceptors (Lipinski definition) is 1. The molecule has 0 spiro atoms. The van der Waals surface area contributed by atoms with Gasteiger partial charge in [-0.1, -0.05) is 57.9 Å². The van der Waals surface area contributed by atoms with E-state index in [-0.39, 0.29) is 6.61 Å². The third-order valence-electron chi connectivity index (χ3n) is 10.0. The van der Waals surface area contributed by atoms with Crippen molar-refractivity contribution in [3.63, 3.8) is 0 Å². The van der Waals surface area contributed by atoms with Crippen LogP contribution in [0.1, 0.15) is 91.9 Å². The van der Waals surface area contributed by atoms with Gasteiger partial charge in [-0.15, -0.1) is 0 Å². The highest BCUT2D eigenvalue weighted by atomic mass is 16.3. The van der Waals surface area contributed by atoms with Crippen LogP contribution in [0.4, 0.5) is 0 Å². The van der Waals surface area contributed by atoms with Gasteiger partial charge in [-0.3, -0.25) is 0 Å². The fraction of sp³-hybridized carbons (Fsp3) is 0.852. The van der Waals surface area contributed by atoms with Crippen molar-refractivity contribution in [2.45, 2.75) is 91.9 Å². The molecule has 0 bridgehead atoms. The Morgan fingerprint density at radius 2 is 1.93 bits per heavy atom. The second-order valence-electron chi connectivity index (χ2n) is 11.5. The van der Waals surface area contributed by atoms with Crippen molar-refractivity contribution in [3.8, 4) is 0 Å². The van der Waals surface area contributed by atoms with Crippen LogP contribution in [0.3, 0.4) is 0 Å². The minimum absolute atomic E-state index is 0.269. The van der Waals surface area contributed by atoms with Gasteiger partial charge in [0.05, 0.1) is 0 Å². The smallest absolute Gasteiger partial charge is 0.0491 e. The van der Waals surface area contributed by atoms with Crippen molar-refractivity contribution in [1.29, 1.82) is 0 Å². The molecule has 8 atom stereocenters. The van der Waals surface area contributed by atoms with Crippen molar-refractivity contribution in [1.82, 2.24) is 0 Å². The summed E-state index contributed by atoms with van der Waals surface area (Å²) in [5, 5.41) is 9.26. The van der Waals surface area contributed by atoms with Crippen LogP contribution in [0.2, 0.25) is 0 Å². The molecule has 0 aromatic carbocycles. The summed E-state index contributed by atoms with van der Waals surface area (Å²) in [6.07, 6.45) is 21.5. The highest BCUT2D eigenvalue weighted by molar-refractivity contribution is 5.24. The Morgan fingerprint density at radius 3 is 2.71 bits per heavy atom. The van der Waals surface area contributed by atoms with Crippen LogP contribution in [0, 0.1) is 46.3 Å². The average Bonchev–Trinajstić information content (AvgIpc) is 3.04. The monoisotopic (exact) mass is 384 g/mol. The van der Waals surface area contributed by atoms with E-state index in [1.807, 2.05) is 5.57 Å². The van der Waals surface area contributed by atoms with Crippen molar-refractivity contribution >= 4 is 0 Å².